The van der Waals surface area contributed by atoms with Gasteiger partial charge in [-0.05, 0) is 52.4 Å². The molecule has 0 bridgehead atoms. The second-order valence-electron chi connectivity index (χ2n) is 7.12. The number of esters is 1. The highest BCUT2D eigenvalue weighted by Gasteiger charge is 2.24. The van der Waals surface area contributed by atoms with Crippen LogP contribution >= 0.6 is 0 Å². The van der Waals surface area contributed by atoms with E-state index in [9.17, 15) is 9.59 Å². The van der Waals surface area contributed by atoms with Gasteiger partial charge in [-0.3, -0.25) is 0 Å². The summed E-state index contributed by atoms with van der Waals surface area (Å²) in [7, 11) is 0. The van der Waals surface area contributed by atoms with Crippen LogP contribution in [0.3, 0.4) is 0 Å². The maximum atomic E-state index is 11.9. The number of carbonyl (C=O) groups is 2. The van der Waals surface area contributed by atoms with Gasteiger partial charge in [0.1, 0.15) is 11.6 Å². The topological polar surface area (TPSA) is 64.6 Å². The fourth-order valence-electron chi connectivity index (χ4n) is 2.36. The molecule has 1 N–H and O–H groups in total. The van der Waals surface area contributed by atoms with Crippen LogP contribution in [0.5, 0.6) is 0 Å². The zero-order valence-electron chi connectivity index (χ0n) is 13.9. The van der Waals surface area contributed by atoms with Crippen molar-refractivity contribution in [1.29, 1.82) is 0 Å². The molecule has 21 heavy (non-hydrogen) atoms. The molecule has 0 unspecified atom stereocenters. The summed E-state index contributed by atoms with van der Waals surface area (Å²) < 4.78 is 10.4. The smallest absolute Gasteiger partial charge is 0.408 e. The van der Waals surface area contributed by atoms with Crippen LogP contribution in [0.1, 0.15) is 60.3 Å². The standard InChI is InChI=1S/C16H29NO4/c1-11-6-8-13(9-7-11)10-20-14(18)12(2)17-15(19)21-16(3,4)5/h11-13H,6-10H2,1-5H3,(H,17,19)/t11?,12-,13?/m0/s1. The van der Waals surface area contributed by atoms with E-state index in [1.54, 1.807) is 27.7 Å². The van der Waals surface area contributed by atoms with Crippen molar-refractivity contribution in [3.05, 3.63) is 0 Å². The predicted molar refractivity (Wildman–Crippen MR) is 80.9 cm³/mol. The minimum atomic E-state index is -0.692. The second kappa shape index (κ2) is 7.66. The van der Waals surface area contributed by atoms with Gasteiger partial charge in [-0.1, -0.05) is 19.8 Å². The van der Waals surface area contributed by atoms with E-state index in [-0.39, 0.29) is 0 Å². The molecular weight excluding hydrogens is 270 g/mol. The first-order valence-corrected chi connectivity index (χ1v) is 7.83. The van der Waals surface area contributed by atoms with Gasteiger partial charge in [0.15, 0.2) is 0 Å². The third-order valence-corrected chi connectivity index (χ3v) is 3.68. The molecule has 0 aromatic carbocycles. The number of nitrogens with one attached hydrogen (secondary N) is 1. The molecule has 1 aliphatic carbocycles. The second-order valence-corrected chi connectivity index (χ2v) is 7.12. The zero-order chi connectivity index (χ0) is 16.0. The van der Waals surface area contributed by atoms with Crippen LogP contribution in [0.2, 0.25) is 0 Å². The lowest BCUT2D eigenvalue weighted by Gasteiger charge is -2.26. The lowest BCUT2D eigenvalue weighted by molar-refractivity contribution is -0.147. The van der Waals surface area contributed by atoms with Gasteiger partial charge < -0.3 is 14.8 Å². The highest BCUT2D eigenvalue weighted by molar-refractivity contribution is 5.81. The van der Waals surface area contributed by atoms with Gasteiger partial charge in [-0.15, -0.1) is 0 Å². The van der Waals surface area contributed by atoms with E-state index >= 15 is 0 Å². The third kappa shape index (κ3) is 7.34. The summed E-state index contributed by atoms with van der Waals surface area (Å²) in [4.78, 5) is 23.4. The zero-order valence-corrected chi connectivity index (χ0v) is 13.9. The minimum Gasteiger partial charge on any atom is -0.464 e. The molecule has 0 radical (unpaired) electrons. The van der Waals surface area contributed by atoms with Crippen molar-refractivity contribution in [2.24, 2.45) is 11.8 Å². The number of ether oxygens (including phenoxy) is 2. The third-order valence-electron chi connectivity index (χ3n) is 3.68. The summed E-state index contributed by atoms with van der Waals surface area (Å²) in [5.41, 5.74) is -0.577. The first kappa shape index (κ1) is 17.8. The Balaban J connectivity index is 2.26. The summed E-state index contributed by atoms with van der Waals surface area (Å²) in [5, 5.41) is 2.50. The van der Waals surface area contributed by atoms with Crippen molar-refractivity contribution in [2.45, 2.75) is 71.9 Å². The Morgan fingerprint density at radius 3 is 2.29 bits per heavy atom. The van der Waals surface area contributed by atoms with E-state index in [0.717, 1.165) is 18.8 Å². The maximum Gasteiger partial charge on any atom is 0.408 e. The molecule has 1 aliphatic rings. The molecule has 1 amide bonds. The van der Waals surface area contributed by atoms with E-state index in [0.29, 0.717) is 12.5 Å². The Labute approximate surface area is 127 Å². The van der Waals surface area contributed by atoms with E-state index < -0.39 is 23.7 Å². The van der Waals surface area contributed by atoms with Gasteiger partial charge in [0.2, 0.25) is 0 Å². The highest BCUT2D eigenvalue weighted by atomic mass is 16.6. The first-order chi connectivity index (χ1) is 9.67. The number of hydrogen-bond donors (Lipinski definition) is 1. The number of amides is 1. The number of carbonyl (C=O) groups excluding carboxylic acids is 2. The summed E-state index contributed by atoms with van der Waals surface area (Å²) >= 11 is 0. The largest absolute Gasteiger partial charge is 0.464 e. The molecule has 5 nitrogen and oxygen atoms in total. The summed E-state index contributed by atoms with van der Waals surface area (Å²) in [6, 6.07) is -0.692. The molecule has 0 spiro atoms. The van der Waals surface area contributed by atoms with E-state index in [1.807, 2.05) is 0 Å². The summed E-state index contributed by atoms with van der Waals surface area (Å²) in [6.45, 7) is 9.65. The number of hydrogen-bond acceptors (Lipinski definition) is 4. The van der Waals surface area contributed by atoms with Crippen LogP contribution in [-0.4, -0.2) is 30.3 Å². The van der Waals surface area contributed by atoms with Crippen molar-refractivity contribution >= 4 is 12.1 Å². The van der Waals surface area contributed by atoms with Crippen LogP contribution in [-0.2, 0) is 14.3 Å². The van der Waals surface area contributed by atoms with Crippen molar-refractivity contribution in [3.63, 3.8) is 0 Å². The molecule has 1 saturated carbocycles. The monoisotopic (exact) mass is 299 g/mol. The Kier molecular flexibility index (Phi) is 6.49. The first-order valence-electron chi connectivity index (χ1n) is 7.83. The summed E-state index contributed by atoms with van der Waals surface area (Å²) in [6.07, 6.45) is 4.03. The number of rotatable bonds is 4. The molecule has 0 saturated heterocycles. The number of alkyl carbamates (subject to hydrolysis) is 1. The Morgan fingerprint density at radius 1 is 1.19 bits per heavy atom. The molecule has 0 aliphatic heterocycles. The Bertz CT molecular complexity index is 354. The molecule has 0 aromatic rings. The SMILES string of the molecule is CC1CCC(COC(=O)[C@H](C)NC(=O)OC(C)(C)C)CC1. The van der Waals surface area contributed by atoms with Gasteiger partial charge >= 0.3 is 12.1 Å². The lowest BCUT2D eigenvalue weighted by Crippen LogP contribution is -2.42. The van der Waals surface area contributed by atoms with E-state index in [1.165, 1.54) is 12.8 Å². The molecule has 122 valence electrons. The van der Waals surface area contributed by atoms with Gasteiger partial charge in [-0.2, -0.15) is 0 Å². The van der Waals surface area contributed by atoms with Crippen LogP contribution in [0.15, 0.2) is 0 Å². The van der Waals surface area contributed by atoms with E-state index in [4.69, 9.17) is 9.47 Å². The van der Waals surface area contributed by atoms with Crippen molar-refractivity contribution in [1.82, 2.24) is 5.32 Å². The predicted octanol–water partition coefficient (Wildman–Crippen LogP) is 3.27. The molecule has 0 heterocycles. The van der Waals surface area contributed by atoms with Crippen LogP contribution in [0.4, 0.5) is 4.79 Å². The quantitative estimate of drug-likeness (QED) is 0.809. The average Bonchev–Trinajstić information content (AvgIpc) is 2.35. The van der Waals surface area contributed by atoms with Gasteiger partial charge in [-0.25, -0.2) is 9.59 Å². The normalized spacial score (nSPS) is 24.0. The molecule has 5 heteroatoms. The highest BCUT2D eigenvalue weighted by Crippen LogP contribution is 2.28. The fourth-order valence-corrected chi connectivity index (χ4v) is 2.36. The Morgan fingerprint density at radius 2 is 1.76 bits per heavy atom. The fraction of sp³-hybridized carbons (Fsp3) is 0.875. The van der Waals surface area contributed by atoms with Crippen LogP contribution < -0.4 is 5.32 Å². The van der Waals surface area contributed by atoms with Crippen LogP contribution in [0, 0.1) is 11.8 Å². The average molecular weight is 299 g/mol. The molecule has 0 aromatic heterocycles. The van der Waals surface area contributed by atoms with Crippen molar-refractivity contribution in [2.75, 3.05) is 6.61 Å². The van der Waals surface area contributed by atoms with Gasteiger partial charge in [0.25, 0.3) is 0 Å². The summed E-state index contributed by atoms with van der Waals surface area (Å²) in [5.74, 6) is 0.836. The van der Waals surface area contributed by atoms with Gasteiger partial charge in [0.05, 0.1) is 6.61 Å². The van der Waals surface area contributed by atoms with E-state index in [2.05, 4.69) is 12.2 Å². The van der Waals surface area contributed by atoms with Crippen molar-refractivity contribution in [3.8, 4) is 0 Å². The van der Waals surface area contributed by atoms with Gasteiger partial charge in [0, 0.05) is 0 Å². The molecular formula is C16H29NO4. The molecule has 1 atom stereocenters. The Hall–Kier alpha value is -1.26. The lowest BCUT2D eigenvalue weighted by atomic mass is 9.83. The molecule has 1 fully saturated rings. The van der Waals surface area contributed by atoms with Crippen molar-refractivity contribution < 1.29 is 19.1 Å². The van der Waals surface area contributed by atoms with Crippen LogP contribution in [0.25, 0.3) is 0 Å². The maximum absolute atomic E-state index is 11.9. The molecule has 1 rings (SSSR count). The minimum absolute atomic E-state index is 0.403.